The molecule has 1 aliphatic rings. The summed E-state index contributed by atoms with van der Waals surface area (Å²) in [6, 6.07) is 8.11. The van der Waals surface area contributed by atoms with Gasteiger partial charge in [0.1, 0.15) is 12.4 Å². The van der Waals surface area contributed by atoms with Crippen LogP contribution in [-0.2, 0) is 11.3 Å². The van der Waals surface area contributed by atoms with Gasteiger partial charge < -0.3 is 15.3 Å². The minimum absolute atomic E-state index is 0.303. The highest BCUT2D eigenvalue weighted by Gasteiger charge is 2.18. The number of nitrogens with zero attached hydrogens (tertiary/aromatic N) is 3. The number of aromatic nitrogens is 3. The third kappa shape index (κ3) is 4.21. The summed E-state index contributed by atoms with van der Waals surface area (Å²) >= 11 is 1.62. The van der Waals surface area contributed by atoms with E-state index in [2.05, 4.69) is 36.2 Å². The molecule has 7 heteroatoms. The van der Waals surface area contributed by atoms with Crippen LogP contribution < -0.4 is 10.6 Å². The maximum Gasteiger partial charge on any atom is 0.209 e. The molecule has 1 aromatic carbocycles. The SMILES string of the molecule is CC(C)c1ccc(OCc2nnc(SC[C@@H]3CCOC3)n2N)cc1. The van der Waals surface area contributed by atoms with E-state index in [0.29, 0.717) is 24.3 Å². The number of ether oxygens (including phenoxy) is 2. The molecular formula is C17H24N4O2S. The maximum atomic E-state index is 6.08. The fraction of sp³-hybridized carbons (Fsp3) is 0.529. The largest absolute Gasteiger partial charge is 0.486 e. The summed E-state index contributed by atoms with van der Waals surface area (Å²) in [5.41, 5.74) is 1.29. The second-order valence-corrected chi connectivity index (χ2v) is 7.31. The van der Waals surface area contributed by atoms with Crippen LogP contribution in [0.4, 0.5) is 0 Å². The molecule has 0 spiro atoms. The smallest absolute Gasteiger partial charge is 0.209 e. The number of nitrogens with two attached hydrogens (primary N) is 1. The van der Waals surface area contributed by atoms with Crippen LogP contribution in [0, 0.1) is 5.92 Å². The summed E-state index contributed by atoms with van der Waals surface area (Å²) < 4.78 is 12.7. The zero-order valence-electron chi connectivity index (χ0n) is 14.1. The van der Waals surface area contributed by atoms with E-state index in [9.17, 15) is 0 Å². The molecule has 0 saturated carbocycles. The predicted molar refractivity (Wildman–Crippen MR) is 94.7 cm³/mol. The van der Waals surface area contributed by atoms with Crippen molar-refractivity contribution in [1.29, 1.82) is 0 Å². The third-order valence-electron chi connectivity index (χ3n) is 4.12. The van der Waals surface area contributed by atoms with Crippen LogP contribution in [0.15, 0.2) is 29.4 Å². The van der Waals surface area contributed by atoms with Gasteiger partial charge in [-0.3, -0.25) is 0 Å². The molecular weight excluding hydrogens is 324 g/mol. The number of benzene rings is 1. The van der Waals surface area contributed by atoms with Gasteiger partial charge in [0.25, 0.3) is 0 Å². The molecule has 6 nitrogen and oxygen atoms in total. The molecule has 2 heterocycles. The number of rotatable bonds is 7. The molecule has 1 aliphatic heterocycles. The number of thioether (sulfide) groups is 1. The Labute approximate surface area is 146 Å². The van der Waals surface area contributed by atoms with Crippen molar-refractivity contribution < 1.29 is 9.47 Å². The first-order valence-electron chi connectivity index (χ1n) is 8.26. The fourth-order valence-electron chi connectivity index (χ4n) is 2.51. The lowest BCUT2D eigenvalue weighted by molar-refractivity contribution is 0.189. The Morgan fingerprint density at radius 3 is 2.79 bits per heavy atom. The van der Waals surface area contributed by atoms with Crippen molar-refractivity contribution in [3.63, 3.8) is 0 Å². The van der Waals surface area contributed by atoms with E-state index in [1.54, 1.807) is 11.8 Å². The van der Waals surface area contributed by atoms with Crippen LogP contribution in [0.25, 0.3) is 0 Å². The normalized spacial score (nSPS) is 17.5. The lowest BCUT2D eigenvalue weighted by Crippen LogP contribution is -2.16. The van der Waals surface area contributed by atoms with Crippen LogP contribution in [-0.4, -0.2) is 33.8 Å². The maximum absolute atomic E-state index is 6.08. The Hall–Kier alpha value is -1.73. The van der Waals surface area contributed by atoms with Gasteiger partial charge in [-0.1, -0.05) is 37.7 Å². The highest BCUT2D eigenvalue weighted by Crippen LogP contribution is 2.23. The van der Waals surface area contributed by atoms with Crippen LogP contribution in [0.3, 0.4) is 0 Å². The fourth-order valence-corrected chi connectivity index (χ4v) is 3.50. The molecule has 0 aliphatic carbocycles. The van der Waals surface area contributed by atoms with Gasteiger partial charge in [0.2, 0.25) is 5.16 Å². The van der Waals surface area contributed by atoms with Crippen LogP contribution in [0.5, 0.6) is 5.75 Å². The van der Waals surface area contributed by atoms with E-state index in [-0.39, 0.29) is 0 Å². The summed E-state index contributed by atoms with van der Waals surface area (Å²) in [4.78, 5) is 0. The van der Waals surface area contributed by atoms with Crippen molar-refractivity contribution in [3.8, 4) is 5.75 Å². The molecule has 0 unspecified atom stereocenters. The number of nitrogen functional groups attached to an aromatic ring is 1. The Morgan fingerprint density at radius 1 is 1.33 bits per heavy atom. The van der Waals surface area contributed by atoms with Crippen molar-refractivity contribution >= 4 is 11.8 Å². The first kappa shape index (κ1) is 17.1. The first-order chi connectivity index (χ1) is 11.6. The molecule has 0 amide bonds. The van der Waals surface area contributed by atoms with E-state index < -0.39 is 0 Å². The molecule has 130 valence electrons. The quantitative estimate of drug-likeness (QED) is 0.612. The van der Waals surface area contributed by atoms with E-state index in [4.69, 9.17) is 15.3 Å². The zero-order chi connectivity index (χ0) is 16.9. The lowest BCUT2D eigenvalue weighted by Gasteiger charge is -2.09. The Kier molecular flexibility index (Phi) is 5.63. The highest BCUT2D eigenvalue weighted by atomic mass is 32.2. The summed E-state index contributed by atoms with van der Waals surface area (Å²) in [5, 5.41) is 9.01. The molecule has 2 aromatic rings. The molecule has 1 fully saturated rings. The summed E-state index contributed by atoms with van der Waals surface area (Å²) in [6.45, 7) is 6.33. The minimum atomic E-state index is 0.303. The van der Waals surface area contributed by atoms with Gasteiger partial charge in [0.05, 0.1) is 6.61 Å². The first-order valence-corrected chi connectivity index (χ1v) is 9.24. The van der Waals surface area contributed by atoms with Crippen molar-refractivity contribution in [3.05, 3.63) is 35.7 Å². The molecule has 1 aromatic heterocycles. The predicted octanol–water partition coefficient (Wildman–Crippen LogP) is 2.82. The Balaban J connectivity index is 1.53. The standard InChI is InChI=1S/C17H24N4O2S/c1-12(2)14-3-5-15(6-4-14)23-10-16-19-20-17(21(16)18)24-11-13-7-8-22-9-13/h3-6,12-13H,7-11,18H2,1-2H3/t13-/m1/s1. The monoisotopic (exact) mass is 348 g/mol. The minimum Gasteiger partial charge on any atom is -0.486 e. The zero-order valence-corrected chi connectivity index (χ0v) is 15.0. The number of hydrogen-bond acceptors (Lipinski definition) is 6. The molecule has 2 N–H and O–H groups in total. The molecule has 1 saturated heterocycles. The van der Waals surface area contributed by atoms with Crippen molar-refractivity contribution in [2.45, 2.75) is 37.9 Å². The highest BCUT2D eigenvalue weighted by molar-refractivity contribution is 7.99. The van der Waals surface area contributed by atoms with E-state index in [1.165, 1.54) is 10.2 Å². The molecule has 0 radical (unpaired) electrons. The van der Waals surface area contributed by atoms with Gasteiger partial charge >= 0.3 is 0 Å². The van der Waals surface area contributed by atoms with Gasteiger partial charge in [0, 0.05) is 12.4 Å². The van der Waals surface area contributed by atoms with Crippen LogP contribution in [0.2, 0.25) is 0 Å². The summed E-state index contributed by atoms with van der Waals surface area (Å²) in [6.07, 6.45) is 1.11. The van der Waals surface area contributed by atoms with Gasteiger partial charge in [-0.05, 0) is 36.0 Å². The van der Waals surface area contributed by atoms with E-state index in [1.807, 2.05) is 12.1 Å². The van der Waals surface area contributed by atoms with Crippen LogP contribution in [0.1, 0.15) is 37.6 Å². The average molecular weight is 348 g/mol. The number of hydrogen-bond donors (Lipinski definition) is 1. The Morgan fingerprint density at radius 2 is 2.12 bits per heavy atom. The third-order valence-corrected chi connectivity index (χ3v) is 5.30. The van der Waals surface area contributed by atoms with E-state index >= 15 is 0 Å². The van der Waals surface area contributed by atoms with Gasteiger partial charge in [-0.2, -0.15) is 0 Å². The Bertz CT molecular complexity index is 651. The average Bonchev–Trinajstić information content (AvgIpc) is 3.21. The molecule has 24 heavy (non-hydrogen) atoms. The van der Waals surface area contributed by atoms with Crippen molar-refractivity contribution in [2.75, 3.05) is 24.8 Å². The molecule has 0 bridgehead atoms. The summed E-state index contributed by atoms with van der Waals surface area (Å²) in [5.74, 6) is 9.54. The second-order valence-electron chi connectivity index (χ2n) is 6.32. The van der Waals surface area contributed by atoms with Gasteiger partial charge in [-0.25, -0.2) is 4.68 Å². The van der Waals surface area contributed by atoms with Crippen LogP contribution >= 0.6 is 11.8 Å². The molecule has 1 atom stereocenters. The van der Waals surface area contributed by atoms with E-state index in [0.717, 1.165) is 36.3 Å². The van der Waals surface area contributed by atoms with Crippen molar-refractivity contribution in [2.24, 2.45) is 5.92 Å². The van der Waals surface area contributed by atoms with Gasteiger partial charge in [-0.15, -0.1) is 10.2 Å². The van der Waals surface area contributed by atoms with Gasteiger partial charge in [0.15, 0.2) is 5.82 Å². The summed E-state index contributed by atoms with van der Waals surface area (Å²) in [7, 11) is 0. The molecule has 3 rings (SSSR count). The van der Waals surface area contributed by atoms with Crippen molar-refractivity contribution in [1.82, 2.24) is 14.9 Å². The topological polar surface area (TPSA) is 75.2 Å². The lowest BCUT2D eigenvalue weighted by atomic mass is 10.0. The second kappa shape index (κ2) is 7.90.